The van der Waals surface area contributed by atoms with Gasteiger partial charge in [0.15, 0.2) is 0 Å². The van der Waals surface area contributed by atoms with Crippen LogP contribution >= 0.6 is 0 Å². The molecule has 0 N–H and O–H groups in total. The van der Waals surface area contributed by atoms with Gasteiger partial charge in [0.05, 0.1) is 0 Å². The van der Waals surface area contributed by atoms with Crippen LogP contribution < -0.4 is 35.8 Å². The first-order valence-corrected chi connectivity index (χ1v) is 18.2. The summed E-state index contributed by atoms with van der Waals surface area (Å²) in [4.78, 5) is 10.0. The van der Waals surface area contributed by atoms with Gasteiger partial charge in [-0.2, -0.15) is 0 Å². The molecule has 0 bridgehead atoms. The van der Waals surface area contributed by atoms with Crippen LogP contribution in [0.1, 0.15) is 25.7 Å². The van der Waals surface area contributed by atoms with E-state index in [2.05, 4.69) is 75.7 Å². The van der Waals surface area contributed by atoms with Crippen molar-refractivity contribution in [3.8, 4) is 0 Å². The normalized spacial score (nSPS) is 14.8. The second-order valence-corrected chi connectivity index (χ2v) is 19.0. The predicted octanol–water partition coefficient (Wildman–Crippen LogP) is 1.74. The number of fused-ring (bicyclic) bond motifs is 1. The third-order valence-corrected chi connectivity index (χ3v) is 6.25. The Morgan fingerprint density at radius 3 is 1.21 bits per heavy atom. The first-order valence-electron chi connectivity index (χ1n) is 11.3. The molecular formula is C24H40BrLiMgN2O2Si2. The van der Waals surface area contributed by atoms with Crippen LogP contribution in [0, 0.1) is 0 Å². The summed E-state index contributed by atoms with van der Waals surface area (Å²) >= 11 is 0. The van der Waals surface area contributed by atoms with Gasteiger partial charge in [-0.1, -0.05) is 75.7 Å². The van der Waals surface area contributed by atoms with Crippen molar-refractivity contribution < 1.29 is 45.3 Å². The zero-order valence-corrected chi connectivity index (χ0v) is 26.9. The van der Waals surface area contributed by atoms with Gasteiger partial charge in [-0.15, -0.1) is 11.4 Å². The van der Waals surface area contributed by atoms with Crippen molar-refractivity contribution in [2.45, 2.75) is 65.0 Å². The topological polar surface area (TPSA) is 46.7 Å². The maximum Gasteiger partial charge on any atom is 2.00 e. The molecule has 0 radical (unpaired) electrons. The average molecular weight is 556 g/mol. The molecular weight excluding hydrogens is 516 g/mol. The van der Waals surface area contributed by atoms with Crippen molar-refractivity contribution >= 4 is 61.7 Å². The third kappa shape index (κ3) is 15.3. The summed E-state index contributed by atoms with van der Waals surface area (Å²) in [7, 11) is -3.00. The van der Waals surface area contributed by atoms with Gasteiger partial charge >= 0.3 is 41.9 Å². The summed E-state index contributed by atoms with van der Waals surface area (Å²) in [6.07, 6.45) is 5.11. The number of hydrogen-bond acceptors (Lipinski definition) is 2. The van der Waals surface area contributed by atoms with Crippen molar-refractivity contribution in [3.05, 3.63) is 46.4 Å². The van der Waals surface area contributed by atoms with Crippen LogP contribution in [0.4, 0.5) is 11.4 Å². The summed E-state index contributed by atoms with van der Waals surface area (Å²) < 4.78 is 9.89. The summed E-state index contributed by atoms with van der Waals surface area (Å²) in [5, 5.41) is 2.46. The van der Waals surface area contributed by atoms with E-state index in [9.17, 15) is 0 Å². The SMILES string of the molecule is C1CCOC1.C1CCOC1.C[Si](C)(C)[N-]c1cccc2cccc([N-][Si](C)(C)C)c12.[Br-].[Li+].[Mg+2]. The van der Waals surface area contributed by atoms with Crippen molar-refractivity contribution in [2.75, 3.05) is 26.4 Å². The molecule has 0 aromatic heterocycles. The quantitative estimate of drug-likeness (QED) is 0.540. The first kappa shape index (κ1) is 35.7. The Labute approximate surface area is 243 Å². The van der Waals surface area contributed by atoms with E-state index in [0.717, 1.165) is 37.8 Å². The molecule has 2 aliphatic rings. The van der Waals surface area contributed by atoms with E-state index >= 15 is 0 Å². The Balaban J connectivity index is 0. The molecule has 9 heteroatoms. The Kier molecular flexibility index (Phi) is 19.3. The minimum absolute atomic E-state index is 0. The van der Waals surface area contributed by atoms with Gasteiger partial charge in [-0.05, 0) is 52.9 Å². The van der Waals surface area contributed by atoms with Gasteiger partial charge in [-0.25, -0.2) is 0 Å². The number of benzene rings is 2. The van der Waals surface area contributed by atoms with Crippen molar-refractivity contribution in [2.24, 2.45) is 0 Å². The molecule has 33 heavy (non-hydrogen) atoms. The fourth-order valence-corrected chi connectivity index (χ4v) is 5.05. The van der Waals surface area contributed by atoms with Gasteiger partial charge < -0.3 is 36.4 Å². The molecule has 176 valence electrons. The Morgan fingerprint density at radius 2 is 0.970 bits per heavy atom. The van der Waals surface area contributed by atoms with Crippen LogP contribution in [0.2, 0.25) is 39.3 Å². The van der Waals surface area contributed by atoms with E-state index in [1.165, 1.54) is 36.5 Å². The fraction of sp³-hybridized carbons (Fsp3) is 0.583. The van der Waals surface area contributed by atoms with E-state index in [1.807, 2.05) is 0 Å². The first-order chi connectivity index (χ1) is 14.2. The summed E-state index contributed by atoms with van der Waals surface area (Å²) in [5.74, 6) is 0. The molecule has 2 heterocycles. The molecule has 0 unspecified atom stereocenters. The van der Waals surface area contributed by atoms with Gasteiger partial charge in [0.1, 0.15) is 0 Å². The van der Waals surface area contributed by atoms with Crippen LogP contribution in [0.5, 0.6) is 0 Å². The smallest absolute Gasteiger partial charge is 1.00 e. The minimum atomic E-state index is -1.50. The van der Waals surface area contributed by atoms with E-state index in [0.29, 0.717) is 0 Å². The second-order valence-electron chi connectivity index (χ2n) is 9.86. The summed E-state index contributed by atoms with van der Waals surface area (Å²) in [6.45, 7) is 17.6. The molecule has 2 saturated heterocycles. The molecule has 2 aliphatic heterocycles. The van der Waals surface area contributed by atoms with E-state index in [1.54, 1.807) is 0 Å². The monoisotopic (exact) mass is 554 g/mol. The number of ether oxygens (including phenoxy) is 2. The molecule has 0 atom stereocenters. The number of halogens is 1. The standard InChI is InChI=1S/C16H24N2Si2.2C4H8O.BrH.Li.Mg/c1-19(2,3)17-14-11-7-9-13-10-8-12-15(16(13)14)18-20(4,5)6;2*1-2-4-5-3-1;;;/h7-12H,1-6H3;2*1-4H2;1H;;/q-2;;;;+1;+2/p-1. The summed E-state index contributed by atoms with van der Waals surface area (Å²) in [6, 6.07) is 12.8. The van der Waals surface area contributed by atoms with Crippen LogP contribution in [0.25, 0.3) is 20.7 Å². The largest absolute Gasteiger partial charge is 2.00 e. The van der Waals surface area contributed by atoms with E-state index < -0.39 is 16.5 Å². The number of hydrogen-bond donors (Lipinski definition) is 0. The van der Waals surface area contributed by atoms with Gasteiger partial charge in [0.25, 0.3) is 0 Å². The molecule has 4 rings (SSSR count). The van der Waals surface area contributed by atoms with Crippen LogP contribution in [0.3, 0.4) is 0 Å². The summed E-state index contributed by atoms with van der Waals surface area (Å²) in [5.41, 5.74) is 2.22. The molecule has 0 aliphatic carbocycles. The molecule has 0 spiro atoms. The van der Waals surface area contributed by atoms with E-state index in [4.69, 9.17) is 19.4 Å². The Bertz CT molecular complexity index is 705. The molecule has 0 saturated carbocycles. The predicted molar refractivity (Wildman–Crippen MR) is 143 cm³/mol. The second kappa shape index (κ2) is 17.9. The third-order valence-electron chi connectivity index (χ3n) is 4.43. The number of nitrogens with zero attached hydrogens (tertiary/aromatic N) is 2. The number of rotatable bonds is 4. The molecule has 2 fully saturated rings. The molecule has 2 aromatic rings. The van der Waals surface area contributed by atoms with E-state index in [-0.39, 0.29) is 58.9 Å². The van der Waals surface area contributed by atoms with Crippen LogP contribution in [-0.2, 0) is 9.47 Å². The average Bonchev–Trinajstić information content (AvgIpc) is 3.38. The van der Waals surface area contributed by atoms with Crippen molar-refractivity contribution in [1.29, 1.82) is 0 Å². The fourth-order valence-electron chi connectivity index (χ4n) is 3.23. The zero-order chi connectivity index (χ0) is 22.0. The van der Waals surface area contributed by atoms with Crippen molar-refractivity contribution in [1.82, 2.24) is 0 Å². The Hall–Kier alpha value is 0.497. The van der Waals surface area contributed by atoms with Crippen molar-refractivity contribution in [3.63, 3.8) is 0 Å². The molecule has 0 amide bonds. The molecule has 2 aromatic carbocycles. The van der Waals surface area contributed by atoms with Gasteiger partial charge in [0, 0.05) is 26.4 Å². The zero-order valence-electron chi connectivity index (χ0n) is 21.9. The van der Waals surface area contributed by atoms with Crippen LogP contribution in [0.15, 0.2) is 36.4 Å². The maximum absolute atomic E-state index is 5.00. The van der Waals surface area contributed by atoms with Gasteiger partial charge in [0.2, 0.25) is 0 Å². The van der Waals surface area contributed by atoms with Crippen LogP contribution in [-0.4, -0.2) is 66.0 Å². The van der Waals surface area contributed by atoms with Gasteiger partial charge in [-0.3, -0.25) is 0 Å². The molecule has 4 nitrogen and oxygen atoms in total. The minimum Gasteiger partial charge on any atom is -1.00 e. The Morgan fingerprint density at radius 1 is 0.636 bits per heavy atom. The maximum atomic E-state index is 5.00.